The van der Waals surface area contributed by atoms with Crippen molar-refractivity contribution in [3.05, 3.63) is 29.3 Å². The number of hydrogen-bond acceptors (Lipinski definition) is 3. The molecule has 1 N–H and O–H groups in total. The van der Waals surface area contributed by atoms with E-state index in [1.165, 1.54) is 4.31 Å². The van der Waals surface area contributed by atoms with Gasteiger partial charge in [-0.2, -0.15) is 0 Å². The van der Waals surface area contributed by atoms with Gasteiger partial charge >= 0.3 is 0 Å². The number of sulfonamides is 1. The van der Waals surface area contributed by atoms with Crippen molar-refractivity contribution < 1.29 is 8.42 Å². The molecular formula is C15H24N2O2S. The van der Waals surface area contributed by atoms with Gasteiger partial charge in [-0.3, -0.25) is 0 Å². The highest BCUT2D eigenvalue weighted by Gasteiger charge is 2.25. The standard InChI is InChI=1S/C15H24N2O2S/c1-3-4-5-11-17(2)20(18,19)15-8-6-7-13-12-16-10-9-14(13)15/h6-8,16H,3-5,9-12H2,1-2H3. The van der Waals surface area contributed by atoms with Gasteiger partial charge in [-0.15, -0.1) is 0 Å². The van der Waals surface area contributed by atoms with Gasteiger partial charge in [0.2, 0.25) is 10.0 Å². The number of hydrogen-bond donors (Lipinski definition) is 1. The molecule has 4 nitrogen and oxygen atoms in total. The van der Waals surface area contributed by atoms with E-state index in [0.29, 0.717) is 11.4 Å². The van der Waals surface area contributed by atoms with Gasteiger partial charge in [-0.05, 0) is 36.6 Å². The summed E-state index contributed by atoms with van der Waals surface area (Å²) in [5.74, 6) is 0. The van der Waals surface area contributed by atoms with Crippen molar-refractivity contribution >= 4 is 10.0 Å². The lowest BCUT2D eigenvalue weighted by Crippen LogP contribution is -2.31. The Labute approximate surface area is 122 Å². The Morgan fingerprint density at radius 3 is 2.85 bits per heavy atom. The monoisotopic (exact) mass is 296 g/mol. The molecule has 0 fully saturated rings. The quantitative estimate of drug-likeness (QED) is 0.818. The summed E-state index contributed by atoms with van der Waals surface area (Å²) in [6.45, 7) is 4.32. The van der Waals surface area contributed by atoms with Crippen molar-refractivity contribution in [2.45, 2.75) is 44.0 Å². The molecule has 112 valence electrons. The predicted molar refractivity (Wildman–Crippen MR) is 81.2 cm³/mol. The first-order valence-electron chi connectivity index (χ1n) is 7.35. The molecule has 1 aliphatic heterocycles. The highest BCUT2D eigenvalue weighted by molar-refractivity contribution is 7.89. The Kier molecular flexibility index (Phi) is 5.18. The summed E-state index contributed by atoms with van der Waals surface area (Å²) >= 11 is 0. The van der Waals surface area contributed by atoms with Crippen LogP contribution in [0.5, 0.6) is 0 Å². The minimum Gasteiger partial charge on any atom is -0.312 e. The zero-order valence-corrected chi connectivity index (χ0v) is 13.2. The average molecular weight is 296 g/mol. The minimum absolute atomic E-state index is 0.496. The fourth-order valence-corrected chi connectivity index (χ4v) is 4.11. The topological polar surface area (TPSA) is 49.4 Å². The van der Waals surface area contributed by atoms with Crippen molar-refractivity contribution in [2.75, 3.05) is 20.1 Å². The number of unbranched alkanes of at least 4 members (excludes halogenated alkanes) is 2. The van der Waals surface area contributed by atoms with Crippen LogP contribution in [0.1, 0.15) is 37.3 Å². The fraction of sp³-hybridized carbons (Fsp3) is 0.600. The molecule has 1 aromatic rings. The molecule has 1 aromatic carbocycles. The molecule has 2 rings (SSSR count). The summed E-state index contributed by atoms with van der Waals surface area (Å²) in [5.41, 5.74) is 2.10. The Morgan fingerprint density at radius 1 is 1.30 bits per heavy atom. The smallest absolute Gasteiger partial charge is 0.243 e. The van der Waals surface area contributed by atoms with Gasteiger partial charge < -0.3 is 5.32 Å². The van der Waals surface area contributed by atoms with E-state index >= 15 is 0 Å². The van der Waals surface area contributed by atoms with Gasteiger partial charge in [-0.1, -0.05) is 31.9 Å². The molecule has 0 spiro atoms. The molecule has 0 bridgehead atoms. The van der Waals surface area contributed by atoms with E-state index in [0.717, 1.165) is 49.9 Å². The summed E-state index contributed by atoms with van der Waals surface area (Å²) in [4.78, 5) is 0.496. The summed E-state index contributed by atoms with van der Waals surface area (Å²) in [5, 5.41) is 3.28. The molecule has 0 amide bonds. The largest absolute Gasteiger partial charge is 0.312 e. The molecule has 0 saturated carbocycles. The second-order valence-corrected chi connectivity index (χ2v) is 7.37. The van der Waals surface area contributed by atoms with Crippen LogP contribution in [0, 0.1) is 0 Å². The van der Waals surface area contributed by atoms with Crippen LogP contribution in [-0.2, 0) is 23.0 Å². The third kappa shape index (κ3) is 3.22. The molecule has 0 aromatic heterocycles. The van der Waals surface area contributed by atoms with Gasteiger partial charge in [-0.25, -0.2) is 12.7 Å². The highest BCUT2D eigenvalue weighted by atomic mass is 32.2. The lowest BCUT2D eigenvalue weighted by atomic mass is 10.0. The van der Waals surface area contributed by atoms with E-state index in [1.54, 1.807) is 13.1 Å². The normalized spacial score (nSPS) is 15.3. The zero-order valence-electron chi connectivity index (χ0n) is 12.4. The highest BCUT2D eigenvalue weighted by Crippen LogP contribution is 2.25. The summed E-state index contributed by atoms with van der Waals surface area (Å²) < 4.78 is 26.9. The number of benzene rings is 1. The minimum atomic E-state index is -3.36. The number of nitrogens with one attached hydrogen (secondary N) is 1. The zero-order chi connectivity index (χ0) is 14.6. The van der Waals surface area contributed by atoms with E-state index in [-0.39, 0.29) is 0 Å². The van der Waals surface area contributed by atoms with Crippen molar-refractivity contribution in [3.8, 4) is 0 Å². The first kappa shape index (κ1) is 15.5. The molecule has 0 saturated heterocycles. The molecule has 1 aliphatic rings. The first-order valence-corrected chi connectivity index (χ1v) is 8.79. The number of fused-ring (bicyclic) bond motifs is 1. The molecule has 1 heterocycles. The van der Waals surface area contributed by atoms with Crippen molar-refractivity contribution in [3.63, 3.8) is 0 Å². The third-order valence-corrected chi connectivity index (χ3v) is 5.80. The van der Waals surface area contributed by atoms with Gasteiger partial charge in [0.05, 0.1) is 4.90 Å². The van der Waals surface area contributed by atoms with Crippen LogP contribution in [0.15, 0.2) is 23.1 Å². The molecule has 0 aliphatic carbocycles. The third-order valence-electron chi connectivity index (χ3n) is 3.86. The maximum Gasteiger partial charge on any atom is 0.243 e. The van der Waals surface area contributed by atoms with Crippen molar-refractivity contribution in [1.82, 2.24) is 9.62 Å². The Balaban J connectivity index is 2.25. The molecular weight excluding hydrogens is 272 g/mol. The van der Waals surface area contributed by atoms with E-state index < -0.39 is 10.0 Å². The second kappa shape index (κ2) is 6.70. The SMILES string of the molecule is CCCCCN(C)S(=O)(=O)c1cccc2c1CCNC2. The maximum absolute atomic E-state index is 12.7. The fourth-order valence-electron chi connectivity index (χ4n) is 2.61. The average Bonchev–Trinajstić information content (AvgIpc) is 2.46. The maximum atomic E-state index is 12.7. The van der Waals surface area contributed by atoms with E-state index in [4.69, 9.17) is 0 Å². The lowest BCUT2D eigenvalue weighted by Gasteiger charge is -2.23. The lowest BCUT2D eigenvalue weighted by molar-refractivity contribution is 0.453. The van der Waals surface area contributed by atoms with Crippen LogP contribution in [0.3, 0.4) is 0 Å². The summed E-state index contributed by atoms with van der Waals surface area (Å²) in [6.07, 6.45) is 3.87. The van der Waals surface area contributed by atoms with Gasteiger partial charge in [0.25, 0.3) is 0 Å². The molecule has 0 radical (unpaired) electrons. The van der Waals surface area contributed by atoms with Gasteiger partial charge in [0, 0.05) is 20.1 Å². The van der Waals surface area contributed by atoms with Crippen LogP contribution >= 0.6 is 0 Å². The summed E-state index contributed by atoms with van der Waals surface area (Å²) in [6, 6.07) is 5.60. The molecule has 20 heavy (non-hydrogen) atoms. The van der Waals surface area contributed by atoms with E-state index in [1.807, 2.05) is 12.1 Å². The second-order valence-electron chi connectivity index (χ2n) is 5.35. The Bertz CT molecular complexity index is 555. The van der Waals surface area contributed by atoms with Gasteiger partial charge in [0.15, 0.2) is 0 Å². The Morgan fingerprint density at radius 2 is 2.10 bits per heavy atom. The van der Waals surface area contributed by atoms with Crippen molar-refractivity contribution in [1.29, 1.82) is 0 Å². The molecule has 0 unspecified atom stereocenters. The van der Waals surface area contributed by atoms with E-state index in [2.05, 4.69) is 12.2 Å². The number of nitrogens with zero attached hydrogens (tertiary/aromatic N) is 1. The number of rotatable bonds is 6. The first-order chi connectivity index (χ1) is 9.57. The van der Waals surface area contributed by atoms with Gasteiger partial charge in [0.1, 0.15) is 0 Å². The van der Waals surface area contributed by atoms with Crippen LogP contribution in [-0.4, -0.2) is 32.9 Å². The summed E-state index contributed by atoms with van der Waals surface area (Å²) in [7, 11) is -1.67. The van der Waals surface area contributed by atoms with Crippen molar-refractivity contribution in [2.24, 2.45) is 0 Å². The van der Waals surface area contributed by atoms with E-state index in [9.17, 15) is 8.42 Å². The van der Waals surface area contributed by atoms with Crippen LogP contribution < -0.4 is 5.32 Å². The predicted octanol–water partition coefficient (Wildman–Crippen LogP) is 2.14. The molecule has 0 atom stereocenters. The van der Waals surface area contributed by atoms with Crippen LogP contribution in [0.2, 0.25) is 0 Å². The van der Waals surface area contributed by atoms with Crippen LogP contribution in [0.25, 0.3) is 0 Å². The van der Waals surface area contributed by atoms with Crippen LogP contribution in [0.4, 0.5) is 0 Å². The molecule has 5 heteroatoms. The Hall–Kier alpha value is -0.910.